The van der Waals surface area contributed by atoms with Crippen molar-refractivity contribution >= 4 is 10.8 Å². The van der Waals surface area contributed by atoms with Crippen molar-refractivity contribution in [2.75, 3.05) is 0 Å². The van der Waals surface area contributed by atoms with Gasteiger partial charge < -0.3 is 0 Å². The maximum absolute atomic E-state index is 14.6. The molecule has 32 heavy (non-hydrogen) atoms. The van der Waals surface area contributed by atoms with Crippen LogP contribution in [0.5, 0.6) is 0 Å². The minimum Gasteiger partial charge on any atom is -0.206 e. The van der Waals surface area contributed by atoms with Crippen molar-refractivity contribution < 1.29 is 13.2 Å². The largest absolute Gasteiger partial charge is 0.206 e. The Kier molecular flexibility index (Phi) is 6.61. The quantitative estimate of drug-likeness (QED) is 0.223. The van der Waals surface area contributed by atoms with Gasteiger partial charge in [0.05, 0.1) is 0 Å². The van der Waals surface area contributed by atoms with Gasteiger partial charge in [-0.2, -0.15) is 0 Å². The molecular weight excluding hydrogens is 405 g/mol. The van der Waals surface area contributed by atoms with Gasteiger partial charge in [-0.3, -0.25) is 0 Å². The van der Waals surface area contributed by atoms with E-state index >= 15 is 0 Å². The molecular formula is C29H23F3. The molecule has 3 heteroatoms. The number of rotatable bonds is 5. The molecule has 0 spiro atoms. The number of hydrogen-bond acceptors (Lipinski definition) is 0. The molecule has 0 heterocycles. The van der Waals surface area contributed by atoms with Crippen LogP contribution in [0.15, 0.2) is 72.8 Å². The highest BCUT2D eigenvalue weighted by molar-refractivity contribution is 5.84. The third kappa shape index (κ3) is 5.03. The van der Waals surface area contributed by atoms with Crippen molar-refractivity contribution in [2.24, 2.45) is 0 Å². The zero-order valence-corrected chi connectivity index (χ0v) is 17.9. The van der Waals surface area contributed by atoms with Gasteiger partial charge in [0.15, 0.2) is 11.6 Å². The van der Waals surface area contributed by atoms with E-state index < -0.39 is 11.6 Å². The number of benzene rings is 4. The highest BCUT2D eigenvalue weighted by atomic mass is 19.2. The molecule has 0 N–H and O–H groups in total. The third-order valence-electron chi connectivity index (χ3n) is 5.53. The summed E-state index contributed by atoms with van der Waals surface area (Å²) in [6.07, 6.45) is 4.28. The third-order valence-corrected chi connectivity index (χ3v) is 5.53. The lowest BCUT2D eigenvalue weighted by molar-refractivity contribution is 0.511. The fourth-order valence-electron chi connectivity index (χ4n) is 3.72. The molecule has 0 aliphatic heterocycles. The second-order valence-corrected chi connectivity index (χ2v) is 7.93. The Balaban J connectivity index is 1.51. The van der Waals surface area contributed by atoms with Gasteiger partial charge in [0.1, 0.15) is 5.82 Å². The monoisotopic (exact) mass is 428 g/mol. The smallest absolute Gasteiger partial charge is 0.159 e. The van der Waals surface area contributed by atoms with Crippen LogP contribution in [0.4, 0.5) is 13.2 Å². The van der Waals surface area contributed by atoms with E-state index in [1.807, 2.05) is 36.4 Å². The molecule has 0 atom stereocenters. The van der Waals surface area contributed by atoms with Crippen molar-refractivity contribution in [3.63, 3.8) is 0 Å². The molecule has 0 radical (unpaired) electrons. The van der Waals surface area contributed by atoms with Crippen LogP contribution in [0, 0.1) is 29.3 Å². The molecule has 0 aliphatic carbocycles. The topological polar surface area (TPSA) is 0 Å². The van der Waals surface area contributed by atoms with Crippen molar-refractivity contribution in [1.82, 2.24) is 0 Å². The Labute approximate surface area is 186 Å². The zero-order chi connectivity index (χ0) is 22.5. The van der Waals surface area contributed by atoms with Gasteiger partial charge in [0.25, 0.3) is 0 Å². The molecule has 0 amide bonds. The molecule has 0 saturated carbocycles. The summed E-state index contributed by atoms with van der Waals surface area (Å²) >= 11 is 0. The second-order valence-electron chi connectivity index (χ2n) is 7.93. The highest BCUT2D eigenvalue weighted by Gasteiger charge is 2.07. The van der Waals surface area contributed by atoms with Crippen molar-refractivity contribution in [3.8, 4) is 23.0 Å². The maximum atomic E-state index is 14.6. The lowest BCUT2D eigenvalue weighted by atomic mass is 9.99. The van der Waals surface area contributed by atoms with E-state index in [0.29, 0.717) is 21.9 Å². The first-order valence-electron chi connectivity index (χ1n) is 10.8. The van der Waals surface area contributed by atoms with Gasteiger partial charge in [-0.05, 0) is 77.2 Å². The van der Waals surface area contributed by atoms with Crippen molar-refractivity contribution in [2.45, 2.75) is 32.6 Å². The second kappa shape index (κ2) is 9.75. The maximum Gasteiger partial charge on any atom is 0.159 e. The van der Waals surface area contributed by atoms with E-state index in [9.17, 15) is 13.2 Å². The molecule has 0 bridgehead atoms. The molecule has 0 unspecified atom stereocenters. The summed E-state index contributed by atoms with van der Waals surface area (Å²) in [7, 11) is 0. The molecule has 0 aromatic heterocycles. The van der Waals surface area contributed by atoms with Crippen LogP contribution in [0.25, 0.3) is 21.9 Å². The summed E-state index contributed by atoms with van der Waals surface area (Å²) in [5, 5.41) is 1.22. The molecule has 4 rings (SSSR count). The lowest BCUT2D eigenvalue weighted by Crippen LogP contribution is -1.90. The van der Waals surface area contributed by atoms with Crippen LogP contribution in [0.3, 0.4) is 0 Å². The summed E-state index contributed by atoms with van der Waals surface area (Å²) in [6, 6.07) is 20.5. The molecule has 4 aromatic rings. The molecule has 0 nitrogen and oxygen atoms in total. The minimum absolute atomic E-state index is 0.210. The van der Waals surface area contributed by atoms with Gasteiger partial charge in [-0.15, -0.1) is 0 Å². The predicted octanol–water partition coefficient (Wildman–Crippen LogP) is 8.06. The number of fused-ring (bicyclic) bond motifs is 1. The van der Waals surface area contributed by atoms with E-state index in [-0.39, 0.29) is 5.82 Å². The van der Waals surface area contributed by atoms with Crippen LogP contribution in [-0.2, 0) is 6.42 Å². The Morgan fingerprint density at radius 1 is 0.625 bits per heavy atom. The predicted molar refractivity (Wildman–Crippen MR) is 125 cm³/mol. The lowest BCUT2D eigenvalue weighted by Gasteiger charge is -2.07. The van der Waals surface area contributed by atoms with Crippen LogP contribution in [-0.4, -0.2) is 0 Å². The molecule has 0 fully saturated rings. The first-order chi connectivity index (χ1) is 15.5. The van der Waals surface area contributed by atoms with E-state index in [1.165, 1.54) is 12.1 Å². The summed E-state index contributed by atoms with van der Waals surface area (Å²) in [6.45, 7) is 2.16. The first kappa shape index (κ1) is 21.7. The van der Waals surface area contributed by atoms with Crippen molar-refractivity contribution in [3.05, 3.63) is 107 Å². The Morgan fingerprint density at radius 3 is 2.03 bits per heavy atom. The number of aryl methyl sites for hydroxylation is 1. The Morgan fingerprint density at radius 2 is 1.31 bits per heavy atom. The number of unbranched alkanes of at least 4 members (excludes halogenated alkanes) is 2. The average Bonchev–Trinajstić information content (AvgIpc) is 2.79. The first-order valence-corrected chi connectivity index (χ1v) is 10.8. The standard InChI is InChI=1S/C29H23F3/c1-2-3-4-5-21-11-15-26(27(30)17-21)23-12-8-20(9-13-23)6-7-22-10-14-24-18-28(31)29(32)19-25(24)16-22/h8-19H,2-5H2,1H3. The SMILES string of the molecule is CCCCCc1ccc(-c2ccc(C#Cc3ccc4cc(F)c(F)cc4c3)cc2)c(F)c1. The van der Waals surface area contributed by atoms with Gasteiger partial charge in [-0.25, -0.2) is 13.2 Å². The van der Waals surface area contributed by atoms with Gasteiger partial charge in [-0.1, -0.05) is 61.9 Å². The fraction of sp³-hybridized carbons (Fsp3) is 0.172. The summed E-state index contributed by atoms with van der Waals surface area (Å²) < 4.78 is 41.5. The van der Waals surface area contributed by atoms with Gasteiger partial charge >= 0.3 is 0 Å². The molecule has 4 aromatic carbocycles. The molecule has 160 valence electrons. The fourth-order valence-corrected chi connectivity index (χ4v) is 3.72. The van der Waals surface area contributed by atoms with Gasteiger partial charge in [0, 0.05) is 16.7 Å². The van der Waals surface area contributed by atoms with Crippen molar-refractivity contribution in [1.29, 1.82) is 0 Å². The van der Waals surface area contributed by atoms with E-state index in [4.69, 9.17) is 0 Å². The Hall–Kier alpha value is -3.51. The van der Waals surface area contributed by atoms with E-state index in [0.717, 1.165) is 42.4 Å². The normalized spacial score (nSPS) is 10.8. The summed E-state index contributed by atoms with van der Waals surface area (Å²) in [5.41, 5.74) is 3.90. The minimum atomic E-state index is -0.876. The van der Waals surface area contributed by atoms with Gasteiger partial charge in [0.2, 0.25) is 0 Å². The zero-order valence-electron chi connectivity index (χ0n) is 17.9. The Bertz CT molecular complexity index is 1310. The van der Waals surface area contributed by atoms with Crippen LogP contribution in [0.2, 0.25) is 0 Å². The van der Waals surface area contributed by atoms with E-state index in [2.05, 4.69) is 18.8 Å². The summed E-state index contributed by atoms with van der Waals surface area (Å²) in [4.78, 5) is 0. The number of hydrogen-bond donors (Lipinski definition) is 0. The van der Waals surface area contributed by atoms with E-state index in [1.54, 1.807) is 24.3 Å². The van der Waals surface area contributed by atoms with Crippen LogP contribution in [0.1, 0.15) is 42.9 Å². The summed E-state index contributed by atoms with van der Waals surface area (Å²) in [5.74, 6) is 4.17. The van der Waals surface area contributed by atoms with Crippen LogP contribution >= 0.6 is 0 Å². The molecule has 0 aliphatic rings. The highest BCUT2D eigenvalue weighted by Crippen LogP contribution is 2.25. The molecule has 0 saturated heterocycles. The average molecular weight is 428 g/mol. The van der Waals surface area contributed by atoms with Crippen LogP contribution < -0.4 is 0 Å². The number of halogens is 3.